The molecule has 1 aromatic rings. The molecule has 5 nitrogen and oxygen atoms in total. The van der Waals surface area contributed by atoms with Gasteiger partial charge < -0.3 is 5.32 Å². The van der Waals surface area contributed by atoms with Gasteiger partial charge in [0, 0.05) is 29.7 Å². The molecule has 1 aliphatic carbocycles. The van der Waals surface area contributed by atoms with E-state index in [1.807, 2.05) is 11.8 Å². The monoisotopic (exact) mass is 384 g/mol. The van der Waals surface area contributed by atoms with Crippen LogP contribution in [-0.2, 0) is 10.0 Å². The molecule has 7 heteroatoms. The van der Waals surface area contributed by atoms with Crippen LogP contribution in [0.15, 0.2) is 24.3 Å². The number of benzene rings is 1. The minimum atomic E-state index is -3.29. The highest BCUT2D eigenvalue weighted by Gasteiger charge is 2.19. The van der Waals surface area contributed by atoms with E-state index in [9.17, 15) is 13.2 Å². The highest BCUT2D eigenvalue weighted by Crippen LogP contribution is 2.28. The van der Waals surface area contributed by atoms with Crippen LogP contribution in [0.5, 0.6) is 0 Å². The molecule has 0 atom stereocenters. The van der Waals surface area contributed by atoms with E-state index in [2.05, 4.69) is 5.32 Å². The lowest BCUT2D eigenvalue weighted by Gasteiger charge is -2.22. The van der Waals surface area contributed by atoms with Crippen molar-refractivity contribution in [2.75, 3.05) is 28.9 Å². The van der Waals surface area contributed by atoms with Crippen LogP contribution >= 0.6 is 11.8 Å². The lowest BCUT2D eigenvalue weighted by molar-refractivity contribution is 0.0956. The molecule has 1 N–H and O–H groups in total. The number of thioether (sulfide) groups is 1. The summed E-state index contributed by atoms with van der Waals surface area (Å²) in [5, 5.41) is 3.70. The van der Waals surface area contributed by atoms with Crippen molar-refractivity contribution < 1.29 is 13.2 Å². The van der Waals surface area contributed by atoms with Gasteiger partial charge in [-0.1, -0.05) is 12.8 Å². The van der Waals surface area contributed by atoms with E-state index in [0.717, 1.165) is 11.0 Å². The number of amides is 1. The number of nitrogens with zero attached hydrogens (tertiary/aromatic N) is 1. The maximum atomic E-state index is 12.2. The Labute approximate surface area is 155 Å². The Bertz CT molecular complexity index is 653. The fourth-order valence-corrected chi connectivity index (χ4v) is 5.39. The van der Waals surface area contributed by atoms with E-state index in [-0.39, 0.29) is 11.7 Å². The lowest BCUT2D eigenvalue weighted by Crippen LogP contribution is -2.32. The van der Waals surface area contributed by atoms with Crippen molar-refractivity contribution in [2.45, 2.75) is 44.8 Å². The molecule has 2 rings (SSSR count). The Balaban J connectivity index is 1.86. The molecule has 0 aliphatic heterocycles. The molecule has 0 heterocycles. The van der Waals surface area contributed by atoms with Crippen molar-refractivity contribution >= 4 is 33.4 Å². The van der Waals surface area contributed by atoms with Gasteiger partial charge in [0.15, 0.2) is 0 Å². The molecule has 1 amide bonds. The summed E-state index contributed by atoms with van der Waals surface area (Å²) in [5.41, 5.74) is 1.15. The molecule has 140 valence electrons. The van der Waals surface area contributed by atoms with Gasteiger partial charge in [-0.2, -0.15) is 11.8 Å². The third-order valence-electron chi connectivity index (χ3n) is 4.45. The van der Waals surface area contributed by atoms with Crippen LogP contribution in [0, 0.1) is 0 Å². The number of sulfonamides is 1. The largest absolute Gasteiger partial charge is 0.351 e. The average molecular weight is 385 g/mol. The van der Waals surface area contributed by atoms with Crippen LogP contribution in [0.4, 0.5) is 5.69 Å². The summed E-state index contributed by atoms with van der Waals surface area (Å²) in [4.78, 5) is 12.2. The second kappa shape index (κ2) is 9.48. The summed E-state index contributed by atoms with van der Waals surface area (Å²) < 4.78 is 25.5. The lowest BCUT2D eigenvalue weighted by atomic mass is 10.2. The topological polar surface area (TPSA) is 66.5 Å². The first kappa shape index (κ1) is 20.1. The highest BCUT2D eigenvalue weighted by molar-refractivity contribution is 7.99. The van der Waals surface area contributed by atoms with Crippen LogP contribution in [-0.4, -0.2) is 44.2 Å². The summed E-state index contributed by atoms with van der Waals surface area (Å²) in [6, 6.07) is 6.75. The first-order valence-corrected chi connectivity index (χ1v) is 11.6. The molecule has 25 heavy (non-hydrogen) atoms. The Morgan fingerprint density at radius 2 is 1.84 bits per heavy atom. The van der Waals surface area contributed by atoms with Gasteiger partial charge in [-0.15, -0.1) is 0 Å². The fourth-order valence-electron chi connectivity index (χ4n) is 3.02. The Morgan fingerprint density at radius 3 is 2.40 bits per heavy atom. The molecular weight excluding hydrogens is 356 g/mol. The molecular formula is C18H28N2O3S2. The molecule has 0 spiro atoms. The van der Waals surface area contributed by atoms with Crippen LogP contribution in [0.1, 0.15) is 49.9 Å². The number of rotatable bonds is 9. The third-order valence-corrected chi connectivity index (χ3v) is 7.70. The van der Waals surface area contributed by atoms with Gasteiger partial charge >= 0.3 is 0 Å². The second-order valence-electron chi connectivity index (χ2n) is 6.15. The van der Waals surface area contributed by atoms with Gasteiger partial charge in [-0.3, -0.25) is 9.10 Å². The second-order valence-corrected chi connectivity index (χ2v) is 9.74. The Kier molecular flexibility index (Phi) is 7.62. The molecule has 1 aliphatic rings. The van der Waals surface area contributed by atoms with Crippen LogP contribution in [0.25, 0.3) is 0 Å². The predicted octanol–water partition coefficient (Wildman–Crippen LogP) is 3.27. The summed E-state index contributed by atoms with van der Waals surface area (Å²) in [7, 11) is -3.29. The molecule has 0 aromatic heterocycles. The quantitative estimate of drug-likeness (QED) is 0.664. The van der Waals surface area contributed by atoms with Gasteiger partial charge in [0.05, 0.1) is 11.4 Å². The number of nitrogens with one attached hydrogen (secondary N) is 1. The maximum Gasteiger partial charge on any atom is 0.251 e. The molecule has 0 unspecified atom stereocenters. The average Bonchev–Trinajstić information content (AvgIpc) is 3.13. The molecule has 0 saturated heterocycles. The van der Waals surface area contributed by atoms with E-state index >= 15 is 0 Å². The van der Waals surface area contributed by atoms with Gasteiger partial charge in [-0.05, 0) is 51.0 Å². The Morgan fingerprint density at radius 1 is 1.20 bits per heavy atom. The van der Waals surface area contributed by atoms with Crippen molar-refractivity contribution in [2.24, 2.45) is 0 Å². The number of hydrogen-bond acceptors (Lipinski definition) is 4. The van der Waals surface area contributed by atoms with Crippen molar-refractivity contribution in [3.63, 3.8) is 0 Å². The SMILES string of the molecule is CCN(c1ccc(C(=O)NCCSC2CCCC2)cc1)S(=O)(=O)CC. The van der Waals surface area contributed by atoms with Crippen molar-refractivity contribution in [1.82, 2.24) is 5.32 Å². The van der Waals surface area contributed by atoms with Crippen molar-refractivity contribution in [3.8, 4) is 0 Å². The van der Waals surface area contributed by atoms with Gasteiger partial charge in [-0.25, -0.2) is 8.42 Å². The van der Waals surface area contributed by atoms with E-state index in [0.29, 0.717) is 24.3 Å². The maximum absolute atomic E-state index is 12.2. The minimum absolute atomic E-state index is 0.0573. The zero-order valence-electron chi connectivity index (χ0n) is 15.0. The molecule has 0 radical (unpaired) electrons. The summed E-state index contributed by atoms with van der Waals surface area (Å²) in [6.07, 6.45) is 5.27. The van der Waals surface area contributed by atoms with E-state index in [1.165, 1.54) is 30.0 Å². The van der Waals surface area contributed by atoms with Gasteiger partial charge in [0.25, 0.3) is 5.91 Å². The first-order chi connectivity index (χ1) is 12.0. The summed E-state index contributed by atoms with van der Waals surface area (Å²) in [6.45, 7) is 4.46. The van der Waals surface area contributed by atoms with Crippen molar-refractivity contribution in [1.29, 1.82) is 0 Å². The molecule has 0 bridgehead atoms. The number of hydrogen-bond donors (Lipinski definition) is 1. The van der Waals surface area contributed by atoms with Crippen LogP contribution in [0.3, 0.4) is 0 Å². The van der Waals surface area contributed by atoms with Crippen LogP contribution in [0.2, 0.25) is 0 Å². The summed E-state index contributed by atoms with van der Waals surface area (Å²) in [5.74, 6) is 0.883. The summed E-state index contributed by atoms with van der Waals surface area (Å²) >= 11 is 1.95. The fraction of sp³-hybridized carbons (Fsp3) is 0.611. The van der Waals surface area contributed by atoms with Gasteiger partial charge in [0.1, 0.15) is 0 Å². The highest BCUT2D eigenvalue weighted by atomic mass is 32.2. The van der Waals surface area contributed by atoms with E-state index in [4.69, 9.17) is 0 Å². The van der Waals surface area contributed by atoms with Crippen LogP contribution < -0.4 is 9.62 Å². The molecule has 1 fully saturated rings. The van der Waals surface area contributed by atoms with E-state index < -0.39 is 10.0 Å². The number of anilines is 1. The Hall–Kier alpha value is -1.21. The smallest absolute Gasteiger partial charge is 0.251 e. The third kappa shape index (κ3) is 5.64. The first-order valence-electron chi connectivity index (χ1n) is 8.98. The minimum Gasteiger partial charge on any atom is -0.351 e. The number of carbonyl (C=O) groups excluding carboxylic acids is 1. The van der Waals surface area contributed by atoms with E-state index in [1.54, 1.807) is 38.1 Å². The standard InChI is InChI=1S/C18H28N2O3S2/c1-3-20(25(22,23)4-2)16-11-9-15(10-12-16)18(21)19-13-14-24-17-7-5-6-8-17/h9-12,17H,3-8,13-14H2,1-2H3,(H,19,21). The van der Waals surface area contributed by atoms with Crippen molar-refractivity contribution in [3.05, 3.63) is 29.8 Å². The normalized spacial score (nSPS) is 15.3. The van der Waals surface area contributed by atoms with Gasteiger partial charge in [0.2, 0.25) is 10.0 Å². The molecule has 1 aromatic carbocycles. The number of carbonyl (C=O) groups is 1. The molecule has 1 saturated carbocycles. The zero-order chi connectivity index (χ0) is 18.3. The predicted molar refractivity (Wildman–Crippen MR) is 106 cm³/mol. The zero-order valence-corrected chi connectivity index (χ0v) is 16.7.